The number of nitrogens with zero attached hydrogens (tertiary/aromatic N) is 2. The van der Waals surface area contributed by atoms with E-state index < -0.39 is 18.1 Å². The Kier molecular flexibility index (Phi) is 6.93. The molecule has 0 radical (unpaired) electrons. The Hall–Kier alpha value is -3.39. The Balaban J connectivity index is 1.27. The van der Waals surface area contributed by atoms with Crippen molar-refractivity contribution in [3.05, 3.63) is 59.7 Å². The summed E-state index contributed by atoms with van der Waals surface area (Å²) in [5.41, 5.74) is 4.59. The molecule has 1 atom stereocenters. The maximum Gasteiger partial charge on any atom is 0.407 e. The van der Waals surface area contributed by atoms with Crippen molar-refractivity contribution in [2.75, 3.05) is 39.3 Å². The third-order valence-corrected chi connectivity index (χ3v) is 6.37. The monoisotopic (exact) mass is 451 g/mol. The van der Waals surface area contributed by atoms with Gasteiger partial charge in [0.25, 0.3) is 0 Å². The molecule has 4 rings (SSSR count). The first-order valence-electron chi connectivity index (χ1n) is 11.3. The third kappa shape index (κ3) is 5.17. The van der Waals surface area contributed by atoms with E-state index in [9.17, 15) is 14.4 Å². The lowest BCUT2D eigenvalue weighted by atomic mass is 9.98. The van der Waals surface area contributed by atoms with Gasteiger partial charge in [-0.15, -0.1) is 0 Å². The molecule has 2 N–H and O–H groups in total. The van der Waals surface area contributed by atoms with Crippen LogP contribution in [0.1, 0.15) is 30.4 Å². The minimum Gasteiger partial charge on any atom is -0.481 e. The maximum atomic E-state index is 12.7. The summed E-state index contributed by atoms with van der Waals surface area (Å²) in [7, 11) is 0. The van der Waals surface area contributed by atoms with Crippen molar-refractivity contribution in [3.63, 3.8) is 0 Å². The number of fused-ring (bicyclic) bond motifs is 3. The first-order chi connectivity index (χ1) is 15.9. The second kappa shape index (κ2) is 10.0. The summed E-state index contributed by atoms with van der Waals surface area (Å²) in [5.74, 6) is -1.02. The Bertz CT molecular complexity index is 987. The number of aliphatic carboxylic acids is 1. The zero-order chi connectivity index (χ0) is 23.4. The number of hydrogen-bond acceptors (Lipinski definition) is 5. The molecule has 8 heteroatoms. The van der Waals surface area contributed by atoms with Crippen molar-refractivity contribution in [2.45, 2.75) is 25.3 Å². The summed E-state index contributed by atoms with van der Waals surface area (Å²) < 4.78 is 5.53. The fraction of sp³-hybridized carbons (Fsp3) is 0.400. The number of alkyl carbamates (subject to hydrolysis) is 1. The van der Waals surface area contributed by atoms with Gasteiger partial charge in [-0.05, 0) is 29.2 Å². The summed E-state index contributed by atoms with van der Waals surface area (Å²) in [4.78, 5) is 39.6. The van der Waals surface area contributed by atoms with Crippen LogP contribution in [0.4, 0.5) is 4.79 Å². The van der Waals surface area contributed by atoms with Crippen LogP contribution < -0.4 is 5.32 Å². The number of ether oxygens (including phenoxy) is 1. The van der Waals surface area contributed by atoms with E-state index in [1.165, 1.54) is 0 Å². The van der Waals surface area contributed by atoms with E-state index in [0.717, 1.165) is 22.3 Å². The van der Waals surface area contributed by atoms with E-state index in [0.29, 0.717) is 32.7 Å². The van der Waals surface area contributed by atoms with E-state index in [1.807, 2.05) is 29.2 Å². The molecule has 2 amide bonds. The van der Waals surface area contributed by atoms with Gasteiger partial charge in [0.2, 0.25) is 5.91 Å². The molecule has 2 aromatic carbocycles. The second-order valence-electron chi connectivity index (χ2n) is 8.50. The number of nitrogens with one attached hydrogen (secondary N) is 1. The predicted molar refractivity (Wildman–Crippen MR) is 123 cm³/mol. The third-order valence-electron chi connectivity index (χ3n) is 6.37. The van der Waals surface area contributed by atoms with E-state index in [1.54, 1.807) is 11.8 Å². The van der Waals surface area contributed by atoms with Crippen LogP contribution in [0.3, 0.4) is 0 Å². The first-order valence-corrected chi connectivity index (χ1v) is 11.3. The van der Waals surface area contributed by atoms with Gasteiger partial charge in [-0.3, -0.25) is 14.5 Å². The van der Waals surface area contributed by atoms with Gasteiger partial charge in [0.05, 0.1) is 6.42 Å². The van der Waals surface area contributed by atoms with E-state index in [2.05, 4.69) is 29.6 Å². The second-order valence-corrected chi connectivity index (χ2v) is 8.50. The fourth-order valence-electron chi connectivity index (χ4n) is 4.60. The van der Waals surface area contributed by atoms with Gasteiger partial charge >= 0.3 is 12.1 Å². The van der Waals surface area contributed by atoms with E-state index in [4.69, 9.17) is 9.84 Å². The number of benzene rings is 2. The molecular formula is C25H29N3O5. The van der Waals surface area contributed by atoms with Crippen molar-refractivity contribution in [2.24, 2.45) is 0 Å². The largest absolute Gasteiger partial charge is 0.481 e. The average molecular weight is 452 g/mol. The highest BCUT2D eigenvalue weighted by molar-refractivity contribution is 5.85. The number of piperazine rings is 1. The number of hydrogen-bond donors (Lipinski definition) is 2. The van der Waals surface area contributed by atoms with Gasteiger partial charge in [0.1, 0.15) is 12.6 Å². The van der Waals surface area contributed by atoms with Crippen LogP contribution in [-0.2, 0) is 14.3 Å². The Morgan fingerprint density at radius 1 is 1.00 bits per heavy atom. The molecule has 0 spiro atoms. The van der Waals surface area contributed by atoms with Crippen molar-refractivity contribution < 1.29 is 24.2 Å². The highest BCUT2D eigenvalue weighted by Gasteiger charge is 2.30. The minimum atomic E-state index is -0.825. The number of carboxylic acid groups (broad SMARTS) is 1. The molecule has 0 aromatic heterocycles. The molecule has 0 saturated carbocycles. The molecule has 33 heavy (non-hydrogen) atoms. The van der Waals surface area contributed by atoms with Crippen LogP contribution in [0.5, 0.6) is 0 Å². The number of carbonyl (C=O) groups is 3. The lowest BCUT2D eigenvalue weighted by Gasteiger charge is -2.35. The lowest BCUT2D eigenvalue weighted by molar-refractivity contribution is -0.138. The summed E-state index contributed by atoms with van der Waals surface area (Å²) in [6.45, 7) is 4.59. The normalized spacial score (nSPS) is 16.6. The molecule has 0 bridgehead atoms. The molecule has 1 fully saturated rings. The van der Waals surface area contributed by atoms with Crippen LogP contribution in [0.25, 0.3) is 11.1 Å². The molecule has 174 valence electrons. The average Bonchev–Trinajstić information content (AvgIpc) is 3.15. The number of rotatable bonds is 7. The fourth-order valence-corrected chi connectivity index (χ4v) is 4.60. The molecule has 2 aliphatic rings. The number of carbonyl (C=O) groups excluding carboxylic acids is 2. The quantitative estimate of drug-likeness (QED) is 0.671. The van der Waals surface area contributed by atoms with Crippen LogP contribution in [0.15, 0.2) is 48.5 Å². The zero-order valence-corrected chi connectivity index (χ0v) is 18.7. The van der Waals surface area contributed by atoms with Gasteiger partial charge in [0.15, 0.2) is 0 Å². The first kappa shape index (κ1) is 22.8. The Morgan fingerprint density at radius 3 is 2.15 bits per heavy atom. The van der Waals surface area contributed by atoms with Crippen molar-refractivity contribution >= 4 is 18.0 Å². The topological polar surface area (TPSA) is 99.2 Å². The molecule has 8 nitrogen and oxygen atoms in total. The zero-order valence-electron chi connectivity index (χ0n) is 18.7. The molecule has 1 aliphatic heterocycles. The van der Waals surface area contributed by atoms with Crippen LogP contribution in [0, 0.1) is 0 Å². The van der Waals surface area contributed by atoms with Crippen molar-refractivity contribution in [1.82, 2.24) is 15.1 Å². The molecule has 1 saturated heterocycles. The molecule has 1 unspecified atom stereocenters. The van der Waals surface area contributed by atoms with Gasteiger partial charge in [-0.25, -0.2) is 4.79 Å². The van der Waals surface area contributed by atoms with Crippen LogP contribution in [0.2, 0.25) is 0 Å². The van der Waals surface area contributed by atoms with Gasteiger partial charge in [-0.1, -0.05) is 48.5 Å². The van der Waals surface area contributed by atoms with Crippen LogP contribution in [-0.4, -0.2) is 78.2 Å². The van der Waals surface area contributed by atoms with E-state index in [-0.39, 0.29) is 24.9 Å². The lowest BCUT2D eigenvalue weighted by Crippen LogP contribution is -2.54. The summed E-state index contributed by atoms with van der Waals surface area (Å²) in [5, 5.41) is 11.5. The number of amides is 2. The molecule has 1 heterocycles. The molecular weight excluding hydrogens is 422 g/mol. The summed E-state index contributed by atoms with van der Waals surface area (Å²) in [6, 6.07) is 15.6. The smallest absolute Gasteiger partial charge is 0.407 e. The maximum absolute atomic E-state index is 12.7. The minimum absolute atomic E-state index is 0.0342. The highest BCUT2D eigenvalue weighted by Crippen LogP contribution is 2.44. The summed E-state index contributed by atoms with van der Waals surface area (Å²) >= 11 is 0. The van der Waals surface area contributed by atoms with Gasteiger partial charge in [-0.2, -0.15) is 0 Å². The standard InChI is InChI=1S/C25H29N3O5/c1-17(24(31)28-14-12-27(13-15-28)11-10-23(29)30)26-25(32)33-16-22-20-8-4-2-6-18(20)19-7-3-5-9-21(19)22/h2-9,17,22H,10-16H2,1H3,(H,26,32)(H,29,30). The van der Waals surface area contributed by atoms with Gasteiger partial charge < -0.3 is 20.1 Å². The predicted octanol–water partition coefficient (Wildman–Crippen LogP) is 2.53. The Labute approximate surface area is 193 Å². The SMILES string of the molecule is CC(NC(=O)OCC1c2ccccc2-c2ccccc21)C(=O)N1CCN(CCC(=O)O)CC1. The number of carboxylic acids is 1. The summed E-state index contributed by atoms with van der Waals surface area (Å²) in [6.07, 6.45) is -0.522. The van der Waals surface area contributed by atoms with Crippen molar-refractivity contribution in [3.8, 4) is 11.1 Å². The molecule has 1 aliphatic carbocycles. The highest BCUT2D eigenvalue weighted by atomic mass is 16.5. The Morgan fingerprint density at radius 2 is 1.58 bits per heavy atom. The van der Waals surface area contributed by atoms with Crippen LogP contribution >= 0.6 is 0 Å². The van der Waals surface area contributed by atoms with E-state index >= 15 is 0 Å². The van der Waals surface area contributed by atoms with Crippen molar-refractivity contribution in [1.29, 1.82) is 0 Å². The van der Waals surface area contributed by atoms with Gasteiger partial charge in [0, 0.05) is 38.6 Å². The molecule has 2 aromatic rings.